The van der Waals surface area contributed by atoms with Gasteiger partial charge in [-0.05, 0) is 30.4 Å². The first-order valence-electron chi connectivity index (χ1n) is 7.59. The quantitative estimate of drug-likeness (QED) is 0.899. The molecule has 21 heavy (non-hydrogen) atoms. The van der Waals surface area contributed by atoms with E-state index in [1.54, 1.807) is 18.3 Å². The van der Waals surface area contributed by atoms with Crippen LogP contribution in [0.3, 0.4) is 0 Å². The lowest BCUT2D eigenvalue weighted by Crippen LogP contribution is -2.42. The van der Waals surface area contributed by atoms with Gasteiger partial charge in [-0.25, -0.2) is 4.98 Å². The normalized spacial score (nSPS) is 22.8. The number of rotatable bonds is 5. The minimum atomic E-state index is -0.127. The Hall–Kier alpha value is -1.62. The Balaban J connectivity index is 1.81. The second-order valence-corrected chi connectivity index (χ2v) is 6.02. The predicted octanol–water partition coefficient (Wildman–Crippen LogP) is 1.80. The van der Waals surface area contributed by atoms with Crippen LogP contribution in [0.2, 0.25) is 0 Å². The van der Waals surface area contributed by atoms with Gasteiger partial charge in [-0.1, -0.05) is 13.8 Å². The number of nitrogens with zero attached hydrogens (tertiary/aromatic N) is 2. The zero-order valence-corrected chi connectivity index (χ0v) is 13.1. The molecule has 0 saturated carbocycles. The Morgan fingerprint density at radius 1 is 1.43 bits per heavy atom. The molecule has 0 aliphatic carbocycles. The van der Waals surface area contributed by atoms with Gasteiger partial charge in [0.2, 0.25) is 5.88 Å². The van der Waals surface area contributed by atoms with Crippen LogP contribution in [-0.2, 0) is 0 Å². The van der Waals surface area contributed by atoms with E-state index in [-0.39, 0.29) is 5.91 Å². The predicted molar refractivity (Wildman–Crippen MR) is 82.5 cm³/mol. The van der Waals surface area contributed by atoms with Crippen LogP contribution >= 0.6 is 0 Å². The molecule has 1 aromatic heterocycles. The molecule has 5 heteroatoms. The number of amides is 1. The van der Waals surface area contributed by atoms with Crippen molar-refractivity contribution in [3.63, 3.8) is 0 Å². The van der Waals surface area contributed by atoms with Gasteiger partial charge in [-0.3, -0.25) is 4.79 Å². The van der Waals surface area contributed by atoms with Crippen LogP contribution in [0.1, 0.15) is 30.6 Å². The van der Waals surface area contributed by atoms with Crippen LogP contribution in [0.5, 0.6) is 5.88 Å². The molecule has 0 spiro atoms. The number of hydrogen-bond acceptors (Lipinski definition) is 4. The van der Waals surface area contributed by atoms with Crippen molar-refractivity contribution in [1.29, 1.82) is 0 Å². The highest BCUT2D eigenvalue weighted by molar-refractivity contribution is 5.96. The molecular formula is C16H25N3O2. The summed E-state index contributed by atoms with van der Waals surface area (Å²) < 4.78 is 5.11. The van der Waals surface area contributed by atoms with E-state index in [0.29, 0.717) is 18.0 Å². The summed E-state index contributed by atoms with van der Waals surface area (Å²) in [4.78, 5) is 18.6. The topological polar surface area (TPSA) is 54.5 Å². The van der Waals surface area contributed by atoms with E-state index < -0.39 is 0 Å². The van der Waals surface area contributed by atoms with Gasteiger partial charge in [0.25, 0.3) is 5.91 Å². The van der Waals surface area contributed by atoms with E-state index in [4.69, 9.17) is 4.74 Å². The monoisotopic (exact) mass is 291 g/mol. The maximum absolute atomic E-state index is 12.1. The molecule has 2 rings (SSSR count). The average Bonchev–Trinajstić information content (AvgIpc) is 2.46. The number of likely N-dealkylation sites (tertiary alicyclic amines) is 1. The van der Waals surface area contributed by atoms with Gasteiger partial charge < -0.3 is 15.0 Å². The number of pyridine rings is 1. The number of piperidine rings is 1. The van der Waals surface area contributed by atoms with Crippen molar-refractivity contribution in [3.05, 3.63) is 23.9 Å². The van der Waals surface area contributed by atoms with E-state index in [0.717, 1.165) is 31.5 Å². The second kappa shape index (κ2) is 7.41. The van der Waals surface area contributed by atoms with Crippen LogP contribution in [0.25, 0.3) is 0 Å². The number of ether oxygens (including phenoxy) is 1. The summed E-state index contributed by atoms with van der Waals surface area (Å²) >= 11 is 0. The molecule has 0 aromatic carbocycles. The zero-order valence-electron chi connectivity index (χ0n) is 13.1. The molecule has 1 aliphatic heterocycles. The highest BCUT2D eigenvalue weighted by Crippen LogP contribution is 2.20. The fourth-order valence-electron chi connectivity index (χ4n) is 3.12. The van der Waals surface area contributed by atoms with Crippen molar-refractivity contribution in [2.75, 3.05) is 33.3 Å². The van der Waals surface area contributed by atoms with E-state index in [1.165, 1.54) is 13.5 Å². The minimum absolute atomic E-state index is 0.127. The first kappa shape index (κ1) is 15.8. The summed E-state index contributed by atoms with van der Waals surface area (Å²) in [7, 11) is 1.52. The SMILES string of the molecule is COc1ncccc1C(=O)NCCN1C[C@H](C)C[C@@H](C)C1. The molecule has 1 fully saturated rings. The van der Waals surface area contributed by atoms with Gasteiger partial charge in [0.15, 0.2) is 0 Å². The third kappa shape index (κ3) is 4.43. The molecule has 2 atom stereocenters. The highest BCUT2D eigenvalue weighted by Gasteiger charge is 2.21. The summed E-state index contributed by atoms with van der Waals surface area (Å²) in [5.41, 5.74) is 0.486. The Kier molecular flexibility index (Phi) is 5.56. The fourth-order valence-corrected chi connectivity index (χ4v) is 3.12. The molecule has 1 aliphatic rings. The molecular weight excluding hydrogens is 266 g/mol. The summed E-state index contributed by atoms with van der Waals surface area (Å²) in [5, 5.41) is 2.95. The molecule has 0 bridgehead atoms. The smallest absolute Gasteiger partial charge is 0.256 e. The number of carbonyl (C=O) groups excluding carboxylic acids is 1. The molecule has 1 saturated heterocycles. The van der Waals surface area contributed by atoms with E-state index in [1.807, 2.05) is 0 Å². The molecule has 116 valence electrons. The van der Waals surface area contributed by atoms with Crippen LogP contribution in [0.15, 0.2) is 18.3 Å². The van der Waals surface area contributed by atoms with Gasteiger partial charge in [-0.2, -0.15) is 0 Å². The summed E-state index contributed by atoms with van der Waals surface area (Å²) in [6, 6.07) is 3.47. The van der Waals surface area contributed by atoms with Gasteiger partial charge in [0, 0.05) is 32.4 Å². The Morgan fingerprint density at radius 2 is 2.14 bits per heavy atom. The first-order valence-corrected chi connectivity index (χ1v) is 7.59. The number of carbonyl (C=O) groups is 1. The lowest BCUT2D eigenvalue weighted by Gasteiger charge is -2.34. The Labute approximate surface area is 126 Å². The maximum atomic E-state index is 12.1. The first-order chi connectivity index (χ1) is 10.1. The summed E-state index contributed by atoms with van der Waals surface area (Å²) in [6.45, 7) is 8.37. The van der Waals surface area contributed by atoms with Crippen molar-refractivity contribution in [1.82, 2.24) is 15.2 Å². The molecule has 0 unspecified atom stereocenters. The third-order valence-electron chi connectivity index (χ3n) is 3.87. The summed E-state index contributed by atoms with van der Waals surface area (Å²) in [5.74, 6) is 1.72. The maximum Gasteiger partial charge on any atom is 0.256 e. The summed E-state index contributed by atoms with van der Waals surface area (Å²) in [6.07, 6.45) is 2.92. The largest absolute Gasteiger partial charge is 0.480 e. The van der Waals surface area contributed by atoms with E-state index in [9.17, 15) is 4.79 Å². The van der Waals surface area contributed by atoms with Gasteiger partial charge in [0.1, 0.15) is 5.56 Å². The number of methoxy groups -OCH3 is 1. The van der Waals surface area contributed by atoms with Crippen LogP contribution in [-0.4, -0.2) is 49.1 Å². The average molecular weight is 291 g/mol. The van der Waals surface area contributed by atoms with Crippen LogP contribution < -0.4 is 10.1 Å². The molecule has 5 nitrogen and oxygen atoms in total. The standard InChI is InChI=1S/C16H25N3O2/c1-12-9-13(2)11-19(10-12)8-7-17-15(20)14-5-4-6-18-16(14)21-3/h4-6,12-13H,7-11H2,1-3H3,(H,17,20)/t12-,13-/m1/s1. The van der Waals surface area contributed by atoms with Gasteiger partial charge >= 0.3 is 0 Å². The number of nitrogens with one attached hydrogen (secondary N) is 1. The Bertz CT molecular complexity index is 468. The van der Waals surface area contributed by atoms with Crippen molar-refractivity contribution in [3.8, 4) is 5.88 Å². The second-order valence-electron chi connectivity index (χ2n) is 6.02. The van der Waals surface area contributed by atoms with E-state index in [2.05, 4.69) is 29.0 Å². The Morgan fingerprint density at radius 3 is 2.81 bits per heavy atom. The molecule has 1 amide bonds. The molecule has 1 aromatic rings. The molecule has 1 N–H and O–H groups in total. The lowest BCUT2D eigenvalue weighted by molar-refractivity contribution is 0.0933. The highest BCUT2D eigenvalue weighted by atomic mass is 16.5. The molecule has 2 heterocycles. The van der Waals surface area contributed by atoms with Gasteiger partial charge in [0.05, 0.1) is 7.11 Å². The van der Waals surface area contributed by atoms with Crippen LogP contribution in [0, 0.1) is 11.8 Å². The minimum Gasteiger partial charge on any atom is -0.480 e. The molecule has 0 radical (unpaired) electrons. The lowest BCUT2D eigenvalue weighted by atomic mass is 9.92. The zero-order chi connectivity index (χ0) is 15.2. The van der Waals surface area contributed by atoms with E-state index >= 15 is 0 Å². The van der Waals surface area contributed by atoms with Crippen molar-refractivity contribution in [2.45, 2.75) is 20.3 Å². The van der Waals surface area contributed by atoms with Crippen LogP contribution in [0.4, 0.5) is 0 Å². The van der Waals surface area contributed by atoms with Crippen molar-refractivity contribution >= 4 is 5.91 Å². The number of hydrogen-bond donors (Lipinski definition) is 1. The van der Waals surface area contributed by atoms with Crippen molar-refractivity contribution < 1.29 is 9.53 Å². The fraction of sp³-hybridized carbons (Fsp3) is 0.625. The third-order valence-corrected chi connectivity index (χ3v) is 3.87. The number of aromatic nitrogens is 1. The van der Waals surface area contributed by atoms with Crippen molar-refractivity contribution in [2.24, 2.45) is 11.8 Å². The van der Waals surface area contributed by atoms with Gasteiger partial charge in [-0.15, -0.1) is 0 Å².